The molecule has 13 N–H and O–H groups in total. The summed E-state index contributed by atoms with van der Waals surface area (Å²) in [4.78, 5) is 172. The number of benzene rings is 1. The Kier molecular flexibility index (Phi) is 37.4. The van der Waals surface area contributed by atoms with E-state index < -0.39 is 59.1 Å². The number of fused-ring (bicyclic) bond motifs is 1. The maximum absolute atomic E-state index is 13.4. The molecule has 10 rings (SSSR count). The molecule has 0 unspecified atom stereocenters. The van der Waals surface area contributed by atoms with E-state index in [4.69, 9.17) is 43.1 Å². The zero-order valence-corrected chi connectivity index (χ0v) is 74.4. The zero-order valence-electron chi connectivity index (χ0n) is 74.4. The average molecular weight is 1790 g/mol. The number of anilines is 8. The van der Waals surface area contributed by atoms with Crippen LogP contribution in [0.25, 0.3) is 10.9 Å². The van der Waals surface area contributed by atoms with Gasteiger partial charge in [0.25, 0.3) is 41.4 Å². The Hall–Kier alpha value is -13.6. The highest BCUT2D eigenvalue weighted by Crippen LogP contribution is 2.36. The molecule has 0 atom stereocenters. The predicted octanol–water partition coefficient (Wildman–Crippen LogP) is 3.91. The van der Waals surface area contributed by atoms with Crippen molar-refractivity contribution in [3.8, 4) is 11.5 Å². The van der Waals surface area contributed by atoms with E-state index in [9.17, 15) is 52.7 Å². The lowest BCUT2D eigenvalue weighted by atomic mass is 10.0. The molecule has 9 heterocycles. The summed E-state index contributed by atoms with van der Waals surface area (Å²) in [6.07, 6.45) is 18.5. The van der Waals surface area contributed by atoms with E-state index in [1.165, 1.54) is 95.6 Å². The van der Waals surface area contributed by atoms with E-state index in [1.54, 1.807) is 80.5 Å². The van der Waals surface area contributed by atoms with Crippen molar-refractivity contribution >= 4 is 122 Å². The van der Waals surface area contributed by atoms with Crippen molar-refractivity contribution in [1.82, 2.24) is 93.4 Å². The summed E-state index contributed by atoms with van der Waals surface area (Å²) in [5.41, 5.74) is 2.30. The lowest BCUT2D eigenvalue weighted by Gasteiger charge is -2.32. The van der Waals surface area contributed by atoms with Crippen LogP contribution < -0.4 is 78.6 Å². The molecule has 696 valence electrons. The topological polar surface area (TPSA) is 524 Å². The fraction of sp³-hybridized carbons (Fsp3) is 0.488. The third kappa shape index (κ3) is 30.0. The second kappa shape index (κ2) is 49.5. The van der Waals surface area contributed by atoms with Gasteiger partial charge in [-0.2, -0.15) is 4.98 Å². The van der Waals surface area contributed by atoms with Gasteiger partial charge in [-0.3, -0.25) is 52.7 Å². The lowest BCUT2D eigenvalue weighted by Crippen LogP contribution is -2.40. The maximum atomic E-state index is 13.4. The summed E-state index contributed by atoms with van der Waals surface area (Å²) in [6, 6.07) is 8.48. The van der Waals surface area contributed by atoms with E-state index in [-0.39, 0.29) is 153 Å². The van der Waals surface area contributed by atoms with Crippen LogP contribution in [0.15, 0.2) is 79.9 Å². The van der Waals surface area contributed by atoms with Crippen molar-refractivity contribution in [3.05, 3.63) is 120 Å². The van der Waals surface area contributed by atoms with Gasteiger partial charge in [-0.1, -0.05) is 26.2 Å². The number of hydrogen-bond acceptors (Lipinski definition) is 27. The van der Waals surface area contributed by atoms with Crippen molar-refractivity contribution < 1.29 is 85.9 Å². The standard InChI is InChI=1S/C84H117N27O18/c1-11-12-13-14-22-91-84-96-59-47-64(124-10)63(123-9)46-58(59)72(103-84)93-54-20-29-111(30-21-54)32-34-126-36-38-128-40-42-129-41-39-127-37-35-125-33-28-85-68(112)17-24-89-81(120)75-101-67(53-109(75)7)102-79(118)62-43-55(48-107(62)5)92-70(114)18-26-90-80(119)74-99-65(51-108(74)6)97-69(113)16-15-23-87-77(116)60-45-57(50-105(60)3)95-83(122)76-100-66(52-110(76)8)98-71(115)19-25-88-78(117)61-44-56(49-106(61)4)94-82(121)73-86-27-31-104(73)2/h27,31,43-54H,11-26,28-30,32-42H2,1-10H3,(H,85,112)(H,87,116)(H,88,117)(H,89,120)(H,90,119)(H,92,114)(H,94,121)(H,95,122)(H,97,113)(H,98,115)(H,102,118)(H2,91,93,96,103). The van der Waals surface area contributed by atoms with Gasteiger partial charge in [0.05, 0.1) is 103 Å². The number of nitrogens with zero attached hydrogens (tertiary/aromatic N) is 14. The van der Waals surface area contributed by atoms with Crippen molar-refractivity contribution in [3.63, 3.8) is 0 Å². The molecule has 1 aliphatic heterocycles. The highest BCUT2D eigenvalue weighted by Gasteiger charge is 2.27. The highest BCUT2D eigenvalue weighted by atomic mass is 16.6. The van der Waals surface area contributed by atoms with E-state index in [1.807, 2.05) is 12.1 Å². The number of aromatic nitrogens is 13. The number of rotatable bonds is 54. The number of unbranched alkanes of at least 4 members (excludes halogenated alkanes) is 3. The quantitative estimate of drug-likeness (QED) is 0.0240. The summed E-state index contributed by atoms with van der Waals surface area (Å²) < 4.78 is 49.8. The van der Waals surface area contributed by atoms with Gasteiger partial charge in [0.1, 0.15) is 22.9 Å². The number of hydrogen-bond donors (Lipinski definition) is 13. The fourth-order valence-electron chi connectivity index (χ4n) is 13.6. The van der Waals surface area contributed by atoms with Crippen molar-refractivity contribution in [2.24, 2.45) is 49.3 Å². The van der Waals surface area contributed by atoms with E-state index in [0.717, 1.165) is 68.6 Å². The third-order valence-electron chi connectivity index (χ3n) is 20.4. The first-order valence-electron chi connectivity index (χ1n) is 42.6. The summed E-state index contributed by atoms with van der Waals surface area (Å²) in [7, 11) is 14.4. The average Bonchev–Trinajstić information content (AvgIpc) is 1.48. The smallest absolute Gasteiger partial charge is 0.291 e. The number of carbonyl (C=O) groups excluding carboxylic acids is 11. The molecule has 1 fully saturated rings. The monoisotopic (exact) mass is 1790 g/mol. The Labute approximate surface area is 744 Å². The number of aryl methyl sites for hydroxylation is 7. The summed E-state index contributed by atoms with van der Waals surface area (Å²) in [5.74, 6) is -2.64. The minimum atomic E-state index is -0.639. The van der Waals surface area contributed by atoms with Crippen molar-refractivity contribution in [2.45, 2.75) is 83.6 Å². The van der Waals surface area contributed by atoms with Crippen LogP contribution >= 0.6 is 0 Å². The minimum absolute atomic E-state index is 0.0105. The Balaban J connectivity index is 0.508. The SMILES string of the molecule is CCCCCCNc1nc(NC2CCN(CCOCCOCCOCCOCCOCCNC(=O)CCNC(=O)c3nc(NC(=O)c4cc(NC(=O)CCNC(=O)c5nc(NC(=O)CCCNC(=O)c6cc(NC(=O)c7nc(NC(=O)CCNC(=O)c8cc(NC(=O)c9nccn9C)cn8C)cn7C)cn6C)cn5C)cn4C)cn3C)CC2)c2cc(OC)c(OC)cc2n1. The molecule has 11 amide bonds. The van der Waals surface area contributed by atoms with Gasteiger partial charge in [0.15, 0.2) is 34.8 Å². The van der Waals surface area contributed by atoms with Gasteiger partial charge in [-0.05, 0) is 49.9 Å². The van der Waals surface area contributed by atoms with Crippen LogP contribution in [0.3, 0.4) is 0 Å². The fourth-order valence-corrected chi connectivity index (χ4v) is 13.6. The molecular weight excluding hydrogens is 1680 g/mol. The van der Waals surface area contributed by atoms with Gasteiger partial charge >= 0.3 is 0 Å². The second-order valence-electron chi connectivity index (χ2n) is 30.4. The molecule has 1 saturated heterocycles. The van der Waals surface area contributed by atoms with Gasteiger partial charge in [0.2, 0.25) is 47.1 Å². The normalized spacial score (nSPS) is 12.1. The zero-order chi connectivity index (χ0) is 92.3. The van der Waals surface area contributed by atoms with Crippen LogP contribution in [0.2, 0.25) is 0 Å². The van der Waals surface area contributed by atoms with Gasteiger partial charge < -0.3 is 139 Å². The Bertz CT molecular complexity index is 5320. The second-order valence-corrected chi connectivity index (χ2v) is 30.4. The summed E-state index contributed by atoms with van der Waals surface area (Å²) >= 11 is 0. The number of methoxy groups -OCH3 is 2. The van der Waals surface area contributed by atoms with Gasteiger partial charge in [-0.15, -0.1) is 0 Å². The largest absolute Gasteiger partial charge is 0.493 e. The van der Waals surface area contributed by atoms with E-state index in [2.05, 4.69) is 101 Å². The first-order valence-corrected chi connectivity index (χ1v) is 42.6. The molecule has 8 aromatic heterocycles. The Morgan fingerprint density at radius 2 is 0.845 bits per heavy atom. The Morgan fingerprint density at radius 3 is 1.37 bits per heavy atom. The minimum Gasteiger partial charge on any atom is -0.493 e. The molecule has 0 aliphatic carbocycles. The van der Waals surface area contributed by atoms with Crippen molar-refractivity contribution in [1.29, 1.82) is 0 Å². The number of carbonyl (C=O) groups is 11. The predicted molar refractivity (Wildman–Crippen MR) is 477 cm³/mol. The summed E-state index contributed by atoms with van der Waals surface area (Å²) in [5, 5.41) is 37.5. The molecule has 1 aliphatic rings. The first-order chi connectivity index (χ1) is 62.2. The molecule has 9 aromatic rings. The molecule has 45 heteroatoms. The maximum Gasteiger partial charge on any atom is 0.291 e. The van der Waals surface area contributed by atoms with E-state index in [0.29, 0.717) is 82.6 Å². The van der Waals surface area contributed by atoms with Crippen molar-refractivity contribution in [2.75, 3.05) is 182 Å². The molecule has 1 aromatic carbocycles. The molecule has 0 bridgehead atoms. The number of amides is 11. The van der Waals surface area contributed by atoms with Crippen LogP contribution in [0, 0.1) is 0 Å². The lowest BCUT2D eigenvalue weighted by molar-refractivity contribution is -0.121. The number of likely N-dealkylation sites (tertiary alicyclic amines) is 1. The number of piperidine rings is 1. The van der Waals surface area contributed by atoms with Crippen LogP contribution in [-0.4, -0.2) is 277 Å². The molecule has 0 saturated carbocycles. The van der Waals surface area contributed by atoms with Crippen LogP contribution in [0.4, 0.5) is 46.3 Å². The molecule has 0 radical (unpaired) electrons. The first kappa shape index (κ1) is 97.6. The van der Waals surface area contributed by atoms with Crippen LogP contribution in [0.5, 0.6) is 11.5 Å². The number of ether oxygens (including phenoxy) is 7. The highest BCUT2D eigenvalue weighted by molar-refractivity contribution is 6.06. The van der Waals surface area contributed by atoms with Crippen LogP contribution in [0.1, 0.15) is 151 Å². The van der Waals surface area contributed by atoms with Gasteiger partial charge in [-0.25, -0.2) is 24.9 Å². The Morgan fingerprint density at radius 1 is 0.388 bits per heavy atom. The molecule has 0 spiro atoms. The molecular formula is C84H117N27O18. The third-order valence-corrected chi connectivity index (χ3v) is 20.4. The van der Waals surface area contributed by atoms with E-state index >= 15 is 0 Å². The molecule has 129 heavy (non-hydrogen) atoms. The van der Waals surface area contributed by atoms with Gasteiger partial charge in [0, 0.05) is 201 Å². The van der Waals surface area contributed by atoms with Crippen LogP contribution in [-0.2, 0) is 92.2 Å². The number of nitrogens with one attached hydrogen (secondary N) is 13. The summed E-state index contributed by atoms with van der Waals surface area (Å²) in [6.45, 7) is 10.1. The molecule has 45 nitrogen and oxygen atoms in total. The number of imidazole rings is 4.